The molecule has 1 aromatic carbocycles. The van der Waals surface area contributed by atoms with Crippen LogP contribution in [0.4, 0.5) is 0 Å². The smallest absolute Gasteiger partial charge is 0.303 e. The van der Waals surface area contributed by atoms with Crippen LogP contribution in [0, 0.1) is 17.8 Å². The van der Waals surface area contributed by atoms with Crippen molar-refractivity contribution in [3.63, 3.8) is 0 Å². The molecule has 1 aliphatic heterocycles. The molecule has 2 aromatic rings. The highest BCUT2D eigenvalue weighted by atomic mass is 32.1. The molecule has 5 atom stereocenters. The number of likely N-dealkylation sites (N-methyl/N-ethyl adjacent to an activating group) is 1. The van der Waals surface area contributed by atoms with Gasteiger partial charge in [0, 0.05) is 56.1 Å². The normalized spacial score (nSPS) is 21.5. The molecule has 0 spiro atoms. The number of likely N-dealkylation sites (tertiary alicyclic amines) is 1. The fourth-order valence-electron chi connectivity index (χ4n) is 7.00. The van der Waals surface area contributed by atoms with E-state index in [9.17, 15) is 19.2 Å². The molecular weight excluding hydrogens is 612 g/mol. The van der Waals surface area contributed by atoms with Gasteiger partial charge in [-0.05, 0) is 63.6 Å². The van der Waals surface area contributed by atoms with Crippen molar-refractivity contribution in [3.8, 4) is 0 Å². The average Bonchev–Trinajstić information content (AvgIpc) is 3.53. The van der Waals surface area contributed by atoms with Crippen LogP contribution in [0.2, 0.25) is 0 Å². The van der Waals surface area contributed by atoms with E-state index in [0.717, 1.165) is 38.6 Å². The largest absolute Gasteiger partial charge is 0.455 e. The van der Waals surface area contributed by atoms with Crippen LogP contribution in [0.15, 0.2) is 35.7 Å². The summed E-state index contributed by atoms with van der Waals surface area (Å²) in [5.74, 6) is -1.05. The van der Waals surface area contributed by atoms with Gasteiger partial charge in [0.25, 0.3) is 5.91 Å². The lowest BCUT2D eigenvalue weighted by Crippen LogP contribution is -2.50. The lowest BCUT2D eigenvalue weighted by molar-refractivity contribution is -0.149. The van der Waals surface area contributed by atoms with Crippen molar-refractivity contribution < 1.29 is 23.9 Å². The summed E-state index contributed by atoms with van der Waals surface area (Å²) in [6.07, 6.45) is 4.42. The van der Waals surface area contributed by atoms with Crippen molar-refractivity contribution in [1.29, 1.82) is 0 Å². The topological polar surface area (TPSA) is 109 Å². The van der Waals surface area contributed by atoms with E-state index >= 15 is 0 Å². The van der Waals surface area contributed by atoms with Crippen LogP contribution in [0.25, 0.3) is 0 Å². The number of carbonyl (C=O) groups is 4. The molecule has 47 heavy (non-hydrogen) atoms. The van der Waals surface area contributed by atoms with Crippen molar-refractivity contribution in [1.82, 2.24) is 20.1 Å². The number of aromatic nitrogens is 1. The first kappa shape index (κ1) is 36.7. The molecule has 1 saturated carbocycles. The Kier molecular flexibility index (Phi) is 12.0. The van der Waals surface area contributed by atoms with Crippen LogP contribution in [-0.2, 0) is 24.5 Å². The first-order valence-corrected chi connectivity index (χ1v) is 18.1. The third kappa shape index (κ3) is 8.49. The average molecular weight is 667 g/mol. The molecule has 0 radical (unpaired) electrons. The molecule has 10 heteroatoms. The highest BCUT2D eigenvalue weighted by Gasteiger charge is 2.45. The molecule has 1 aromatic heterocycles. The zero-order chi connectivity index (χ0) is 34.5. The zero-order valence-electron chi connectivity index (χ0n) is 29.5. The molecule has 0 bridgehead atoms. The van der Waals surface area contributed by atoms with Gasteiger partial charge in [-0.3, -0.25) is 24.1 Å². The van der Waals surface area contributed by atoms with Crippen molar-refractivity contribution in [2.45, 2.75) is 110 Å². The van der Waals surface area contributed by atoms with Gasteiger partial charge in [0.15, 0.2) is 11.9 Å². The first-order valence-electron chi connectivity index (χ1n) is 17.2. The van der Waals surface area contributed by atoms with Crippen molar-refractivity contribution in [2.24, 2.45) is 17.8 Å². The second-order valence-corrected chi connectivity index (χ2v) is 15.3. The number of benzene rings is 1. The van der Waals surface area contributed by atoms with E-state index in [4.69, 9.17) is 4.74 Å². The summed E-state index contributed by atoms with van der Waals surface area (Å²) in [6.45, 7) is 13.0. The number of nitrogens with zero attached hydrogens (tertiary/aromatic N) is 3. The van der Waals surface area contributed by atoms with Crippen molar-refractivity contribution in [3.05, 3.63) is 52.0 Å². The minimum Gasteiger partial charge on any atom is -0.455 e. The van der Waals surface area contributed by atoms with Gasteiger partial charge < -0.3 is 15.0 Å². The third-order valence-corrected chi connectivity index (χ3v) is 11.8. The van der Waals surface area contributed by atoms with Crippen LogP contribution in [0.3, 0.4) is 0 Å². The number of nitrogens with one attached hydrogen (secondary N) is 1. The molecule has 2 heterocycles. The van der Waals surface area contributed by atoms with Crippen LogP contribution in [0.1, 0.15) is 114 Å². The van der Waals surface area contributed by atoms with Gasteiger partial charge in [-0.2, -0.15) is 0 Å². The second-order valence-electron chi connectivity index (χ2n) is 14.4. The minimum absolute atomic E-state index is 0.0259. The monoisotopic (exact) mass is 666 g/mol. The highest BCUT2D eigenvalue weighted by molar-refractivity contribution is 7.09. The number of amides is 2. The first-order chi connectivity index (χ1) is 22.2. The van der Waals surface area contributed by atoms with Crippen LogP contribution >= 0.6 is 11.3 Å². The molecule has 2 amide bonds. The Bertz CT molecular complexity index is 1410. The summed E-state index contributed by atoms with van der Waals surface area (Å²) in [6, 6.07) is 9.96. The lowest BCUT2D eigenvalue weighted by atomic mass is 9.80. The van der Waals surface area contributed by atoms with Gasteiger partial charge in [-0.1, -0.05) is 64.4 Å². The van der Waals surface area contributed by atoms with Crippen molar-refractivity contribution in [2.75, 3.05) is 27.2 Å². The highest BCUT2D eigenvalue weighted by Crippen LogP contribution is 2.47. The van der Waals surface area contributed by atoms with E-state index in [1.165, 1.54) is 23.8 Å². The Hall–Kier alpha value is -3.11. The van der Waals surface area contributed by atoms with Gasteiger partial charge in [0.05, 0.1) is 5.54 Å². The molecule has 2 aliphatic rings. The number of esters is 1. The second kappa shape index (κ2) is 15.4. The predicted octanol–water partition coefficient (Wildman–Crippen LogP) is 6.19. The van der Waals surface area contributed by atoms with Crippen molar-refractivity contribution >= 4 is 34.9 Å². The maximum atomic E-state index is 14.2. The quantitative estimate of drug-likeness (QED) is 0.213. The van der Waals surface area contributed by atoms with Gasteiger partial charge >= 0.3 is 5.97 Å². The van der Waals surface area contributed by atoms with E-state index in [2.05, 4.69) is 34.3 Å². The fourth-order valence-corrected chi connectivity index (χ4v) is 7.84. The van der Waals surface area contributed by atoms with E-state index in [1.54, 1.807) is 17.3 Å². The summed E-state index contributed by atoms with van der Waals surface area (Å²) in [4.78, 5) is 61.8. The van der Waals surface area contributed by atoms with Crippen LogP contribution in [-0.4, -0.2) is 77.1 Å². The summed E-state index contributed by atoms with van der Waals surface area (Å²) in [5.41, 5.74) is 0.947. The summed E-state index contributed by atoms with van der Waals surface area (Å²) < 4.78 is 5.79. The number of thiazole rings is 1. The number of carbonyl (C=O) groups excluding carboxylic acids is 4. The molecule has 1 saturated heterocycles. The van der Waals surface area contributed by atoms with Gasteiger partial charge in [-0.25, -0.2) is 4.98 Å². The molecule has 1 N–H and O–H groups in total. The number of hydrogen-bond donors (Lipinski definition) is 1. The van der Waals surface area contributed by atoms with Crippen LogP contribution < -0.4 is 5.32 Å². The molecule has 4 rings (SSSR count). The van der Waals surface area contributed by atoms with Gasteiger partial charge in [0.1, 0.15) is 10.7 Å². The SMILES string of the molecule is CC[C@H](C)[C@H](CC(=O)[C@@]1(C)CCCN1C)C(=O)N(C)[C@H](C[C@@H](OC(C)=O)c1nc(C(=O)NCC2(c3ccccc3)CC2)cs1)C(C)C. The molecule has 1 aliphatic carbocycles. The minimum atomic E-state index is -0.726. The Balaban J connectivity index is 1.48. The van der Waals surface area contributed by atoms with E-state index in [1.807, 2.05) is 52.9 Å². The summed E-state index contributed by atoms with van der Waals surface area (Å²) >= 11 is 1.28. The number of hydrogen-bond acceptors (Lipinski definition) is 8. The van der Waals surface area contributed by atoms with E-state index < -0.39 is 23.5 Å². The van der Waals surface area contributed by atoms with E-state index in [-0.39, 0.29) is 53.0 Å². The molecule has 258 valence electrons. The standard InChI is InChI=1S/C37H54N4O5S/c1-9-25(4)28(20-32(43)36(6)16-13-19-40(36)7)35(45)41(8)30(24(2)3)21-31(46-26(5)42)34-39-29(22-47-34)33(44)38-23-37(17-18-37)27-14-11-10-12-15-27/h10-12,14-15,22,24-25,28,30-31H,9,13,16-21,23H2,1-8H3,(H,38,44)/t25-,28-,30+,31+,36+/m0/s1. The van der Waals surface area contributed by atoms with E-state index in [0.29, 0.717) is 18.0 Å². The molecule has 9 nitrogen and oxygen atoms in total. The third-order valence-electron chi connectivity index (χ3n) is 10.9. The maximum Gasteiger partial charge on any atom is 0.303 e. The van der Waals surface area contributed by atoms with Gasteiger partial charge in [-0.15, -0.1) is 11.3 Å². The van der Waals surface area contributed by atoms with Gasteiger partial charge in [0.2, 0.25) is 5.91 Å². The number of Topliss-reactive ketones (excluding diaryl/α,β-unsaturated/α-hetero) is 1. The molecule has 0 unspecified atom stereocenters. The summed E-state index contributed by atoms with van der Waals surface area (Å²) in [5, 5.41) is 5.29. The maximum absolute atomic E-state index is 14.2. The Morgan fingerprint density at radius 3 is 2.34 bits per heavy atom. The molecule has 2 fully saturated rings. The van der Waals surface area contributed by atoms with Crippen LogP contribution in [0.5, 0.6) is 0 Å². The lowest BCUT2D eigenvalue weighted by Gasteiger charge is -2.38. The zero-order valence-corrected chi connectivity index (χ0v) is 30.3. The fraction of sp³-hybridized carbons (Fsp3) is 0.649. The number of ether oxygens (including phenoxy) is 1. The summed E-state index contributed by atoms with van der Waals surface area (Å²) in [7, 11) is 3.78. The Labute approximate surface area is 284 Å². The predicted molar refractivity (Wildman–Crippen MR) is 185 cm³/mol. The number of rotatable bonds is 16. The Morgan fingerprint density at radius 2 is 1.79 bits per heavy atom. The Morgan fingerprint density at radius 1 is 1.11 bits per heavy atom. The number of ketones is 1. The molecular formula is C37H54N4O5S.